The molecular formula is C67H45N3S. The second kappa shape index (κ2) is 16.6. The van der Waals surface area contributed by atoms with Gasteiger partial charge < -0.3 is 14.7 Å². The summed E-state index contributed by atoms with van der Waals surface area (Å²) < 4.78 is 2.46. The number of para-hydroxylation sites is 4. The smallest absolute Gasteiger partial charge is 0.0754 e. The van der Waals surface area contributed by atoms with E-state index in [1.807, 2.05) is 11.3 Å². The standard InChI is InChI=1S/C67H45N3S/c1-5-22-46(23-6-1)47-24-19-31-51(44-47)68(48-25-7-2-8-26-48)62-40-20-34-55-56-35-21-41-63(66(56)71-65(55)62)69(49-27-9-3-10-28-49)52-42-43-60-64(45-52)70(50-29-11-4-12-30-50)61-39-18-17-38-59(61)67(60)57-36-15-13-32-53(57)54-33-14-16-37-58(54)67/h1-45H. The van der Waals surface area contributed by atoms with E-state index in [1.165, 1.54) is 70.4 Å². The average Bonchev–Trinajstić information content (AvgIpc) is 3.98. The molecule has 4 heteroatoms. The monoisotopic (exact) mass is 923 g/mol. The lowest BCUT2D eigenvalue weighted by Gasteiger charge is -2.45. The first kappa shape index (κ1) is 41.1. The van der Waals surface area contributed by atoms with Gasteiger partial charge in [-0.1, -0.05) is 194 Å². The van der Waals surface area contributed by atoms with Crippen molar-refractivity contribution in [1.82, 2.24) is 0 Å². The van der Waals surface area contributed by atoms with Gasteiger partial charge in [-0.3, -0.25) is 0 Å². The molecule has 71 heavy (non-hydrogen) atoms. The number of hydrogen-bond acceptors (Lipinski definition) is 4. The Morgan fingerprint density at radius 2 is 0.761 bits per heavy atom. The van der Waals surface area contributed by atoms with Gasteiger partial charge in [0.15, 0.2) is 0 Å². The molecule has 0 bridgehead atoms. The molecule has 14 rings (SSSR count). The molecule has 1 aromatic heterocycles. The Morgan fingerprint density at radius 3 is 1.37 bits per heavy atom. The van der Waals surface area contributed by atoms with Gasteiger partial charge in [0.25, 0.3) is 0 Å². The van der Waals surface area contributed by atoms with E-state index in [-0.39, 0.29) is 0 Å². The molecule has 0 radical (unpaired) electrons. The molecule has 2 aliphatic rings. The Kier molecular flexibility index (Phi) is 9.61. The van der Waals surface area contributed by atoms with Crippen LogP contribution in [-0.2, 0) is 5.41 Å². The first-order valence-electron chi connectivity index (χ1n) is 24.3. The highest BCUT2D eigenvalue weighted by molar-refractivity contribution is 7.27. The third kappa shape index (κ3) is 6.35. The summed E-state index contributed by atoms with van der Waals surface area (Å²) in [5.41, 5.74) is 19.7. The van der Waals surface area contributed by atoms with Crippen molar-refractivity contribution in [1.29, 1.82) is 0 Å². The highest BCUT2D eigenvalue weighted by Crippen LogP contribution is 2.64. The van der Waals surface area contributed by atoms with Crippen molar-refractivity contribution in [2.24, 2.45) is 0 Å². The van der Waals surface area contributed by atoms with Gasteiger partial charge in [0.05, 0.1) is 37.6 Å². The zero-order valence-corrected chi connectivity index (χ0v) is 39.5. The minimum absolute atomic E-state index is 0.534. The van der Waals surface area contributed by atoms with E-state index in [0.717, 1.165) is 45.5 Å². The van der Waals surface area contributed by atoms with E-state index in [1.54, 1.807) is 0 Å². The van der Waals surface area contributed by atoms with Crippen LogP contribution in [0.1, 0.15) is 22.3 Å². The van der Waals surface area contributed by atoms with Crippen molar-refractivity contribution < 1.29 is 0 Å². The Morgan fingerprint density at radius 1 is 0.310 bits per heavy atom. The number of thiophene rings is 1. The zero-order valence-electron chi connectivity index (χ0n) is 38.7. The molecule has 1 spiro atoms. The van der Waals surface area contributed by atoms with Crippen molar-refractivity contribution in [3.05, 3.63) is 295 Å². The summed E-state index contributed by atoms with van der Waals surface area (Å²) >= 11 is 1.87. The minimum atomic E-state index is -0.534. The van der Waals surface area contributed by atoms with Gasteiger partial charge in [-0.15, -0.1) is 11.3 Å². The van der Waals surface area contributed by atoms with Crippen LogP contribution in [0.3, 0.4) is 0 Å². The number of rotatable bonds is 8. The van der Waals surface area contributed by atoms with Crippen molar-refractivity contribution >= 4 is 82.7 Å². The normalized spacial score (nSPS) is 12.9. The first-order valence-corrected chi connectivity index (χ1v) is 25.2. The van der Waals surface area contributed by atoms with Crippen molar-refractivity contribution in [3.8, 4) is 22.3 Å². The van der Waals surface area contributed by atoms with Gasteiger partial charge in [-0.05, 0) is 123 Å². The van der Waals surface area contributed by atoms with Gasteiger partial charge in [0.1, 0.15) is 0 Å². The van der Waals surface area contributed by atoms with E-state index in [9.17, 15) is 0 Å². The van der Waals surface area contributed by atoms with Crippen LogP contribution in [-0.4, -0.2) is 0 Å². The van der Waals surface area contributed by atoms with Crippen LogP contribution in [0.4, 0.5) is 51.2 Å². The maximum atomic E-state index is 2.49. The molecular weight excluding hydrogens is 879 g/mol. The quantitative estimate of drug-likeness (QED) is 0.150. The summed E-state index contributed by atoms with van der Waals surface area (Å²) in [4.78, 5) is 7.39. The topological polar surface area (TPSA) is 9.72 Å². The fourth-order valence-corrected chi connectivity index (χ4v) is 13.0. The second-order valence-corrected chi connectivity index (χ2v) is 19.4. The molecule has 0 fully saturated rings. The van der Waals surface area contributed by atoms with E-state index in [4.69, 9.17) is 0 Å². The van der Waals surface area contributed by atoms with Crippen LogP contribution >= 0.6 is 11.3 Å². The third-order valence-electron chi connectivity index (χ3n) is 14.6. The molecule has 0 atom stereocenters. The number of benzene rings is 11. The Bertz CT molecular complexity index is 3910. The predicted molar refractivity (Wildman–Crippen MR) is 300 cm³/mol. The number of nitrogens with zero attached hydrogens (tertiary/aromatic N) is 3. The van der Waals surface area contributed by atoms with E-state index in [2.05, 4.69) is 288 Å². The molecule has 334 valence electrons. The molecule has 0 unspecified atom stereocenters. The lowest BCUT2D eigenvalue weighted by Crippen LogP contribution is -2.36. The number of anilines is 9. The third-order valence-corrected chi connectivity index (χ3v) is 15.9. The molecule has 0 N–H and O–H groups in total. The van der Waals surface area contributed by atoms with Crippen LogP contribution in [0.15, 0.2) is 273 Å². The summed E-state index contributed by atoms with van der Waals surface area (Å²) in [7, 11) is 0. The molecule has 2 heterocycles. The van der Waals surface area contributed by atoms with E-state index >= 15 is 0 Å². The summed E-state index contributed by atoms with van der Waals surface area (Å²) in [6.45, 7) is 0. The molecule has 0 saturated carbocycles. The Labute approximate surface area is 418 Å². The largest absolute Gasteiger partial charge is 0.310 e. The molecule has 0 amide bonds. The van der Waals surface area contributed by atoms with Gasteiger partial charge >= 0.3 is 0 Å². The van der Waals surface area contributed by atoms with Gasteiger partial charge in [-0.25, -0.2) is 0 Å². The van der Waals surface area contributed by atoms with Crippen LogP contribution < -0.4 is 14.7 Å². The molecule has 11 aromatic carbocycles. The maximum Gasteiger partial charge on any atom is 0.0754 e. The lowest BCUT2D eigenvalue weighted by molar-refractivity contribution is 0.752. The fourth-order valence-electron chi connectivity index (χ4n) is 11.7. The van der Waals surface area contributed by atoms with Crippen LogP contribution in [0, 0.1) is 0 Å². The Balaban J connectivity index is 1.00. The molecule has 0 saturated heterocycles. The summed E-state index contributed by atoms with van der Waals surface area (Å²) in [5, 5.41) is 2.46. The first-order chi connectivity index (χ1) is 35.3. The summed E-state index contributed by atoms with van der Waals surface area (Å²) in [6.07, 6.45) is 0. The van der Waals surface area contributed by atoms with Gasteiger partial charge in [0, 0.05) is 39.2 Å². The van der Waals surface area contributed by atoms with Crippen LogP contribution in [0.25, 0.3) is 42.4 Å². The highest BCUT2D eigenvalue weighted by atomic mass is 32.1. The number of hydrogen-bond donors (Lipinski definition) is 0. The Hall–Kier alpha value is -8.96. The van der Waals surface area contributed by atoms with E-state index in [0.29, 0.717) is 0 Å². The lowest BCUT2D eigenvalue weighted by atomic mass is 9.64. The van der Waals surface area contributed by atoms with Crippen LogP contribution in [0.2, 0.25) is 0 Å². The zero-order chi connectivity index (χ0) is 46.9. The van der Waals surface area contributed by atoms with Gasteiger partial charge in [0.2, 0.25) is 0 Å². The SMILES string of the molecule is c1ccc(-c2cccc(N(c3ccccc3)c3cccc4c3sc3c(N(c5ccccc5)c5ccc6c(c5)N(c5ccccc5)c5ccccc5C65c6ccccc6-c6ccccc65)cccc34)c2)cc1. The van der Waals surface area contributed by atoms with E-state index < -0.39 is 5.41 Å². The molecule has 3 nitrogen and oxygen atoms in total. The second-order valence-electron chi connectivity index (χ2n) is 18.4. The fraction of sp³-hybridized carbons (Fsp3) is 0.0149. The molecule has 12 aromatic rings. The minimum Gasteiger partial charge on any atom is -0.310 e. The molecule has 1 aliphatic carbocycles. The van der Waals surface area contributed by atoms with Crippen LogP contribution in [0.5, 0.6) is 0 Å². The van der Waals surface area contributed by atoms with Crippen molar-refractivity contribution in [2.75, 3.05) is 14.7 Å². The maximum absolute atomic E-state index is 2.49. The van der Waals surface area contributed by atoms with Crippen molar-refractivity contribution in [2.45, 2.75) is 5.41 Å². The number of fused-ring (bicyclic) bond motifs is 12. The predicted octanol–water partition coefficient (Wildman–Crippen LogP) is 18.8. The summed E-state index contributed by atoms with van der Waals surface area (Å²) in [5.74, 6) is 0. The summed E-state index contributed by atoms with van der Waals surface area (Å²) in [6, 6.07) is 100. The van der Waals surface area contributed by atoms with Crippen molar-refractivity contribution in [3.63, 3.8) is 0 Å². The average molecular weight is 924 g/mol. The highest BCUT2D eigenvalue weighted by Gasteiger charge is 2.51. The molecule has 1 aliphatic heterocycles. The van der Waals surface area contributed by atoms with Gasteiger partial charge in [-0.2, -0.15) is 0 Å².